The van der Waals surface area contributed by atoms with E-state index in [0.717, 1.165) is 23.8 Å². The van der Waals surface area contributed by atoms with Gasteiger partial charge < -0.3 is 18.9 Å². The fourth-order valence-electron chi connectivity index (χ4n) is 3.13. The quantitative estimate of drug-likeness (QED) is 0.683. The zero-order chi connectivity index (χ0) is 21.2. The lowest BCUT2D eigenvalue weighted by Gasteiger charge is -2.14. The molecule has 1 aliphatic rings. The normalized spacial score (nSPS) is 15.4. The van der Waals surface area contributed by atoms with E-state index >= 15 is 0 Å². The van der Waals surface area contributed by atoms with Crippen LogP contribution in [0, 0.1) is 0 Å². The fourth-order valence-corrected chi connectivity index (χ4v) is 3.67. The van der Waals surface area contributed by atoms with Crippen molar-refractivity contribution in [3.63, 3.8) is 0 Å². The number of sulfonamides is 1. The van der Waals surface area contributed by atoms with E-state index < -0.39 is 16.0 Å². The van der Waals surface area contributed by atoms with Crippen LogP contribution in [0.1, 0.15) is 35.3 Å². The highest BCUT2D eigenvalue weighted by Crippen LogP contribution is 2.35. The SMILES string of the molecule is CCOc1cc2c(cc1COC(=O)c1cc(S(N)(=O)=O)ccc1OC)OC(C)C2. The number of nitrogens with two attached hydrogens (primary N) is 1. The molecular weight excluding hydrogens is 398 g/mol. The predicted molar refractivity (Wildman–Crippen MR) is 105 cm³/mol. The minimum Gasteiger partial charge on any atom is -0.496 e. The zero-order valence-electron chi connectivity index (χ0n) is 16.4. The summed E-state index contributed by atoms with van der Waals surface area (Å²) in [4.78, 5) is 12.4. The third-order valence-corrected chi connectivity index (χ3v) is 5.37. The third-order valence-electron chi connectivity index (χ3n) is 4.46. The second-order valence-corrected chi connectivity index (χ2v) is 8.18. The van der Waals surface area contributed by atoms with Crippen LogP contribution in [0.4, 0.5) is 0 Å². The Morgan fingerprint density at radius 3 is 2.66 bits per heavy atom. The molecule has 0 saturated heterocycles. The van der Waals surface area contributed by atoms with E-state index in [1.54, 1.807) is 6.07 Å². The number of rotatable bonds is 7. The molecule has 1 heterocycles. The molecule has 0 spiro atoms. The van der Waals surface area contributed by atoms with Gasteiger partial charge in [-0.25, -0.2) is 18.4 Å². The summed E-state index contributed by atoms with van der Waals surface area (Å²) in [6.07, 6.45) is 0.857. The minimum absolute atomic E-state index is 0.0389. The van der Waals surface area contributed by atoms with Crippen LogP contribution in [0.15, 0.2) is 35.2 Å². The summed E-state index contributed by atoms with van der Waals surface area (Å²) in [6, 6.07) is 7.44. The van der Waals surface area contributed by atoms with E-state index in [2.05, 4.69) is 0 Å². The van der Waals surface area contributed by atoms with Gasteiger partial charge in [-0.15, -0.1) is 0 Å². The van der Waals surface area contributed by atoms with Gasteiger partial charge in [0.1, 0.15) is 35.5 Å². The van der Waals surface area contributed by atoms with E-state index in [-0.39, 0.29) is 28.9 Å². The van der Waals surface area contributed by atoms with Crippen LogP contribution in [-0.2, 0) is 27.8 Å². The molecule has 0 fully saturated rings. The van der Waals surface area contributed by atoms with Crippen molar-refractivity contribution in [3.8, 4) is 17.2 Å². The van der Waals surface area contributed by atoms with Gasteiger partial charge in [0, 0.05) is 17.5 Å². The molecule has 0 radical (unpaired) electrons. The van der Waals surface area contributed by atoms with Gasteiger partial charge in [0.25, 0.3) is 0 Å². The number of ether oxygens (including phenoxy) is 4. The molecule has 2 aromatic rings. The van der Waals surface area contributed by atoms with Crippen LogP contribution in [0.2, 0.25) is 0 Å². The molecule has 2 aromatic carbocycles. The van der Waals surface area contributed by atoms with Gasteiger partial charge in [0.2, 0.25) is 10.0 Å². The summed E-state index contributed by atoms with van der Waals surface area (Å²) in [7, 11) is -2.61. The van der Waals surface area contributed by atoms with Crippen molar-refractivity contribution in [1.82, 2.24) is 0 Å². The Bertz CT molecular complexity index is 1030. The van der Waals surface area contributed by atoms with Crippen LogP contribution in [0.5, 0.6) is 17.2 Å². The van der Waals surface area contributed by atoms with E-state index in [0.29, 0.717) is 17.9 Å². The highest BCUT2D eigenvalue weighted by molar-refractivity contribution is 7.89. The summed E-state index contributed by atoms with van der Waals surface area (Å²) in [5.74, 6) is 0.783. The Labute approximate surface area is 169 Å². The van der Waals surface area contributed by atoms with Gasteiger partial charge in [-0.05, 0) is 44.2 Å². The number of carbonyl (C=O) groups excluding carboxylic acids is 1. The van der Waals surface area contributed by atoms with Crippen LogP contribution in [-0.4, -0.2) is 34.2 Å². The van der Waals surface area contributed by atoms with Gasteiger partial charge >= 0.3 is 5.97 Å². The van der Waals surface area contributed by atoms with Crippen molar-refractivity contribution < 1.29 is 32.2 Å². The minimum atomic E-state index is -3.98. The molecule has 0 aromatic heterocycles. The van der Waals surface area contributed by atoms with E-state index in [4.69, 9.17) is 24.1 Å². The topological polar surface area (TPSA) is 114 Å². The zero-order valence-corrected chi connectivity index (χ0v) is 17.2. The summed E-state index contributed by atoms with van der Waals surface area (Å²) in [5.41, 5.74) is 1.65. The van der Waals surface area contributed by atoms with E-state index in [9.17, 15) is 13.2 Å². The Hall–Kier alpha value is -2.78. The van der Waals surface area contributed by atoms with Crippen molar-refractivity contribution in [2.45, 2.75) is 37.9 Å². The van der Waals surface area contributed by atoms with Gasteiger partial charge in [-0.2, -0.15) is 0 Å². The maximum Gasteiger partial charge on any atom is 0.342 e. The van der Waals surface area contributed by atoms with Crippen molar-refractivity contribution in [3.05, 3.63) is 47.0 Å². The first kappa shape index (κ1) is 20.9. The maximum atomic E-state index is 12.6. The third kappa shape index (κ3) is 4.63. The Morgan fingerprint density at radius 1 is 1.24 bits per heavy atom. The molecule has 29 heavy (non-hydrogen) atoms. The predicted octanol–water partition coefficient (Wildman–Crippen LogP) is 2.42. The van der Waals surface area contributed by atoms with Gasteiger partial charge in [-0.3, -0.25) is 0 Å². The van der Waals surface area contributed by atoms with Crippen LogP contribution in [0.25, 0.3) is 0 Å². The molecule has 0 aliphatic carbocycles. The smallest absolute Gasteiger partial charge is 0.342 e. The van der Waals surface area contributed by atoms with Gasteiger partial charge in [0.05, 0.1) is 18.6 Å². The first-order valence-corrected chi connectivity index (χ1v) is 10.6. The lowest BCUT2D eigenvalue weighted by Crippen LogP contribution is -2.14. The van der Waals surface area contributed by atoms with Gasteiger partial charge in [0.15, 0.2) is 0 Å². The lowest BCUT2D eigenvalue weighted by atomic mass is 10.1. The number of carbonyl (C=O) groups is 1. The summed E-state index contributed by atoms with van der Waals surface area (Å²) in [5, 5.41) is 5.15. The van der Waals surface area contributed by atoms with E-state index in [1.807, 2.05) is 19.9 Å². The standard InChI is InChI=1S/C20H23NO7S/c1-4-26-18-8-13-7-12(2)28-19(13)9-14(18)11-27-20(22)16-10-15(29(21,23)24)5-6-17(16)25-3/h5-6,8-10,12H,4,7,11H2,1-3H3,(H2,21,23,24). The molecule has 8 nitrogen and oxygen atoms in total. The molecule has 1 aliphatic heterocycles. The van der Waals surface area contributed by atoms with E-state index in [1.165, 1.54) is 19.2 Å². The second kappa shape index (κ2) is 8.30. The number of hydrogen-bond donors (Lipinski definition) is 1. The van der Waals surface area contributed by atoms with Crippen LogP contribution >= 0.6 is 0 Å². The number of benzene rings is 2. The fraction of sp³-hybridized carbons (Fsp3) is 0.350. The van der Waals surface area contributed by atoms with Crippen molar-refractivity contribution in [2.75, 3.05) is 13.7 Å². The lowest BCUT2D eigenvalue weighted by molar-refractivity contribution is 0.0465. The Balaban J connectivity index is 1.85. The molecule has 3 rings (SSSR count). The van der Waals surface area contributed by atoms with Crippen molar-refractivity contribution in [1.29, 1.82) is 0 Å². The number of fused-ring (bicyclic) bond motifs is 1. The average molecular weight is 421 g/mol. The summed E-state index contributed by atoms with van der Waals surface area (Å²) < 4.78 is 45.2. The molecular formula is C20H23NO7S. The molecule has 0 saturated carbocycles. The molecule has 2 N–H and O–H groups in total. The first-order chi connectivity index (χ1) is 13.7. The van der Waals surface area contributed by atoms with Gasteiger partial charge in [-0.1, -0.05) is 0 Å². The molecule has 0 bridgehead atoms. The van der Waals surface area contributed by atoms with Crippen LogP contribution < -0.4 is 19.3 Å². The average Bonchev–Trinajstić information content (AvgIpc) is 3.03. The monoisotopic (exact) mass is 421 g/mol. The Morgan fingerprint density at radius 2 is 2.00 bits per heavy atom. The summed E-state index contributed by atoms with van der Waals surface area (Å²) >= 11 is 0. The molecule has 1 atom stereocenters. The molecule has 1 unspecified atom stereocenters. The number of methoxy groups -OCH3 is 1. The maximum absolute atomic E-state index is 12.6. The largest absolute Gasteiger partial charge is 0.496 e. The number of primary sulfonamides is 1. The highest BCUT2D eigenvalue weighted by Gasteiger charge is 2.23. The molecule has 0 amide bonds. The van der Waals surface area contributed by atoms with Crippen molar-refractivity contribution >= 4 is 16.0 Å². The molecule has 156 valence electrons. The molecule has 9 heteroatoms. The highest BCUT2D eigenvalue weighted by atomic mass is 32.2. The summed E-state index contributed by atoms with van der Waals surface area (Å²) in [6.45, 7) is 4.22. The van der Waals surface area contributed by atoms with Crippen LogP contribution in [0.3, 0.4) is 0 Å². The number of esters is 1. The second-order valence-electron chi connectivity index (χ2n) is 6.62. The Kier molecular flexibility index (Phi) is 5.99. The van der Waals surface area contributed by atoms with Crippen molar-refractivity contribution in [2.24, 2.45) is 5.14 Å². The number of hydrogen-bond acceptors (Lipinski definition) is 7. The first-order valence-electron chi connectivity index (χ1n) is 9.06.